The van der Waals surface area contributed by atoms with Gasteiger partial charge in [0.15, 0.2) is 11.6 Å². The van der Waals surface area contributed by atoms with Crippen LogP contribution < -0.4 is 0 Å². The maximum Gasteiger partial charge on any atom is 0.160 e. The highest BCUT2D eigenvalue weighted by molar-refractivity contribution is 6.10. The van der Waals surface area contributed by atoms with E-state index in [1.54, 1.807) is 0 Å². The van der Waals surface area contributed by atoms with E-state index in [1.807, 2.05) is 109 Å². The van der Waals surface area contributed by atoms with Crippen molar-refractivity contribution in [3.05, 3.63) is 363 Å². The van der Waals surface area contributed by atoms with E-state index in [0.717, 1.165) is 178 Å². The van der Waals surface area contributed by atoms with Crippen LogP contribution in [0.1, 0.15) is 11.4 Å². The van der Waals surface area contributed by atoms with Gasteiger partial charge in [0.1, 0.15) is 0 Å². The molecule has 8 heteroatoms. The molecule has 0 aliphatic carbocycles. The summed E-state index contributed by atoms with van der Waals surface area (Å²) in [6, 6.07) is 122. The molecule has 6 aromatic heterocycles. The second kappa shape index (κ2) is 27.4. The van der Waals surface area contributed by atoms with Crippen LogP contribution in [0.15, 0.2) is 352 Å². The summed E-state index contributed by atoms with van der Waals surface area (Å²) in [5.74, 6) is 1.42. The van der Waals surface area contributed by atoms with Crippen molar-refractivity contribution < 1.29 is 0 Å². The summed E-state index contributed by atoms with van der Waals surface area (Å²) in [5.41, 5.74) is 28.7. The first kappa shape index (κ1) is 62.0. The number of hydrogen-bond acceptors (Lipinski definition) is 8. The SMILES string of the molecule is Cc1cc(-c2ccc(-c3ccc(-c4cc(-c5ccccc5)nc(-c5ccccc5)n4)cc3)cc2)c2ccc3ccc(-c4ccccc4)nc3c2n1.Cc1cc(-c2ccc(-c3ccc(-c4nc(-c5ccccc5)cc(-c5ccccc5)n4)cc3)cc2)c2ccc3ccc(-c4ccccc4)nc3c2n1. The smallest absolute Gasteiger partial charge is 0.160 e. The predicted molar refractivity (Wildman–Crippen MR) is 420 cm³/mol. The fourth-order valence-electron chi connectivity index (χ4n) is 13.5. The van der Waals surface area contributed by atoms with Crippen molar-refractivity contribution in [3.8, 4) is 135 Å². The van der Waals surface area contributed by atoms with Crippen LogP contribution in [0.2, 0.25) is 0 Å². The molecule has 0 spiro atoms. The van der Waals surface area contributed by atoms with Gasteiger partial charge in [0.25, 0.3) is 0 Å². The summed E-state index contributed by atoms with van der Waals surface area (Å²) in [4.78, 5) is 40.1. The van der Waals surface area contributed by atoms with Crippen molar-refractivity contribution in [2.75, 3.05) is 0 Å². The molecule has 0 bridgehead atoms. The molecular formula is C94H64N8. The van der Waals surface area contributed by atoms with Crippen LogP contribution in [0, 0.1) is 13.8 Å². The number of aryl methyl sites for hydroxylation is 2. The minimum absolute atomic E-state index is 0.704. The molecule has 18 rings (SSSR count). The zero-order valence-corrected chi connectivity index (χ0v) is 56.1. The number of rotatable bonds is 12. The fourth-order valence-corrected chi connectivity index (χ4v) is 13.5. The Bertz CT molecular complexity index is 5570. The van der Waals surface area contributed by atoms with Crippen LogP contribution in [0.3, 0.4) is 0 Å². The Morgan fingerprint density at radius 3 is 0.735 bits per heavy atom. The molecule has 480 valence electrons. The van der Waals surface area contributed by atoms with Gasteiger partial charge in [-0.2, -0.15) is 0 Å². The molecular weight excluding hydrogens is 1240 g/mol. The molecule has 0 unspecified atom stereocenters. The summed E-state index contributed by atoms with van der Waals surface area (Å²) < 4.78 is 0. The quantitative estimate of drug-likeness (QED) is 0.111. The third-order valence-electron chi connectivity index (χ3n) is 18.7. The van der Waals surface area contributed by atoms with E-state index in [2.05, 4.69) is 257 Å². The molecule has 6 heterocycles. The number of pyridine rings is 4. The first-order valence-electron chi connectivity index (χ1n) is 34.3. The van der Waals surface area contributed by atoms with Gasteiger partial charge in [-0.3, -0.25) is 9.97 Å². The van der Waals surface area contributed by atoms with Crippen molar-refractivity contribution in [1.82, 2.24) is 39.9 Å². The Labute approximate surface area is 591 Å². The summed E-state index contributed by atoms with van der Waals surface area (Å²) >= 11 is 0. The lowest BCUT2D eigenvalue weighted by Gasteiger charge is -2.12. The molecule has 0 saturated heterocycles. The van der Waals surface area contributed by atoms with Crippen molar-refractivity contribution in [2.45, 2.75) is 13.8 Å². The fraction of sp³-hybridized carbons (Fsp3) is 0.0213. The highest BCUT2D eigenvalue weighted by atomic mass is 14.9. The van der Waals surface area contributed by atoms with E-state index in [9.17, 15) is 0 Å². The minimum atomic E-state index is 0.704. The van der Waals surface area contributed by atoms with Crippen molar-refractivity contribution >= 4 is 43.6 Å². The molecule has 12 aromatic carbocycles. The van der Waals surface area contributed by atoms with E-state index in [4.69, 9.17) is 39.9 Å². The summed E-state index contributed by atoms with van der Waals surface area (Å²) in [6.07, 6.45) is 0. The Balaban J connectivity index is 0.000000152. The van der Waals surface area contributed by atoms with Gasteiger partial charge in [-0.05, 0) is 94.8 Å². The van der Waals surface area contributed by atoms with E-state index < -0.39 is 0 Å². The minimum Gasteiger partial charge on any atom is -0.251 e. The highest BCUT2D eigenvalue weighted by Crippen LogP contribution is 2.39. The molecule has 8 nitrogen and oxygen atoms in total. The van der Waals surface area contributed by atoms with Gasteiger partial charge in [-0.1, -0.05) is 315 Å². The Morgan fingerprint density at radius 2 is 0.412 bits per heavy atom. The van der Waals surface area contributed by atoms with Gasteiger partial charge >= 0.3 is 0 Å². The molecule has 0 fully saturated rings. The molecule has 0 amide bonds. The predicted octanol–water partition coefficient (Wildman–Crippen LogP) is 23.8. The molecule has 102 heavy (non-hydrogen) atoms. The first-order chi connectivity index (χ1) is 50.3. The van der Waals surface area contributed by atoms with Crippen LogP contribution in [0.4, 0.5) is 0 Å². The molecule has 0 N–H and O–H groups in total. The second-order valence-corrected chi connectivity index (χ2v) is 25.5. The monoisotopic (exact) mass is 1300 g/mol. The van der Waals surface area contributed by atoms with Gasteiger partial charge in [-0.25, -0.2) is 29.9 Å². The third kappa shape index (κ3) is 12.8. The normalized spacial score (nSPS) is 11.2. The topological polar surface area (TPSA) is 103 Å². The van der Waals surface area contributed by atoms with Crippen LogP contribution in [0.5, 0.6) is 0 Å². The molecule has 0 atom stereocenters. The number of aromatic nitrogens is 8. The van der Waals surface area contributed by atoms with Crippen molar-refractivity contribution in [1.29, 1.82) is 0 Å². The third-order valence-corrected chi connectivity index (χ3v) is 18.7. The van der Waals surface area contributed by atoms with Crippen LogP contribution in [0.25, 0.3) is 178 Å². The van der Waals surface area contributed by atoms with Gasteiger partial charge in [0.05, 0.1) is 56.2 Å². The van der Waals surface area contributed by atoms with Crippen molar-refractivity contribution in [3.63, 3.8) is 0 Å². The largest absolute Gasteiger partial charge is 0.251 e. The average Bonchev–Trinajstić information content (AvgIpc) is 0.748. The Kier molecular flexibility index (Phi) is 16.6. The first-order valence-corrected chi connectivity index (χ1v) is 34.3. The van der Waals surface area contributed by atoms with Crippen LogP contribution >= 0.6 is 0 Å². The zero-order valence-electron chi connectivity index (χ0n) is 56.1. The van der Waals surface area contributed by atoms with Crippen LogP contribution in [-0.2, 0) is 0 Å². The van der Waals surface area contributed by atoms with Gasteiger partial charge in [0, 0.05) is 77.4 Å². The zero-order chi connectivity index (χ0) is 68.3. The molecule has 18 aromatic rings. The summed E-state index contributed by atoms with van der Waals surface area (Å²) in [5, 5.41) is 4.35. The molecule has 0 aliphatic rings. The van der Waals surface area contributed by atoms with E-state index >= 15 is 0 Å². The number of nitrogens with zero attached hydrogens (tertiary/aromatic N) is 8. The molecule has 0 radical (unpaired) electrons. The van der Waals surface area contributed by atoms with Gasteiger partial charge < -0.3 is 0 Å². The number of hydrogen-bond donors (Lipinski definition) is 0. The highest BCUT2D eigenvalue weighted by Gasteiger charge is 2.18. The number of fused-ring (bicyclic) bond motifs is 6. The van der Waals surface area contributed by atoms with Crippen molar-refractivity contribution in [2.24, 2.45) is 0 Å². The Morgan fingerprint density at radius 1 is 0.167 bits per heavy atom. The maximum atomic E-state index is 5.10. The standard InChI is InChI=1S/2C47H32N4/c1-31-29-41(40-27-25-38-26-28-42(35-11-5-2-6-12-35)49-45(38)46(40)48-31)34-21-17-32(18-22-34)33-19-23-37(24-20-33)44-30-43(36-13-7-3-8-14-36)50-47(51-44)39-15-9-4-10-16-39;1-31-29-41(40-27-25-38-26-28-42(35-11-5-2-6-12-35)49-45(38)46(40)48-31)34-21-17-32(18-22-34)33-19-23-39(24-20-33)47-50-43(36-13-7-3-8-14-36)30-44(51-47)37-15-9-4-10-16-37/h2*2-30H,1H3. The number of benzene rings is 12. The van der Waals surface area contributed by atoms with E-state index in [0.29, 0.717) is 11.6 Å². The maximum absolute atomic E-state index is 5.10. The van der Waals surface area contributed by atoms with Crippen LogP contribution in [-0.4, -0.2) is 39.9 Å². The molecule has 0 saturated carbocycles. The Hall–Kier alpha value is -13.6. The lowest BCUT2D eigenvalue weighted by atomic mass is 9.96. The second-order valence-electron chi connectivity index (χ2n) is 25.5. The lowest BCUT2D eigenvalue weighted by Crippen LogP contribution is -1.96. The van der Waals surface area contributed by atoms with E-state index in [-0.39, 0.29) is 0 Å². The van der Waals surface area contributed by atoms with Gasteiger partial charge in [0.2, 0.25) is 0 Å². The summed E-state index contributed by atoms with van der Waals surface area (Å²) in [6.45, 7) is 4.11. The summed E-state index contributed by atoms with van der Waals surface area (Å²) in [7, 11) is 0. The lowest BCUT2D eigenvalue weighted by molar-refractivity contribution is 1.18. The van der Waals surface area contributed by atoms with E-state index in [1.165, 1.54) is 0 Å². The average molecular weight is 1310 g/mol. The van der Waals surface area contributed by atoms with Gasteiger partial charge in [-0.15, -0.1) is 0 Å². The molecule has 0 aliphatic heterocycles.